The van der Waals surface area contributed by atoms with Crippen molar-refractivity contribution >= 4 is 5.69 Å². The van der Waals surface area contributed by atoms with Crippen LogP contribution in [0.4, 0.5) is 10.1 Å². The molecule has 1 aromatic rings. The molecule has 0 spiro atoms. The molecule has 4 fully saturated rings. The summed E-state index contributed by atoms with van der Waals surface area (Å²) >= 11 is 0. The first-order valence-corrected chi connectivity index (χ1v) is 9.71. The van der Waals surface area contributed by atoms with Crippen LogP contribution in [0.1, 0.15) is 31.2 Å². The van der Waals surface area contributed by atoms with Crippen LogP contribution in [-0.2, 0) is 0 Å². The molecule has 5 rings (SSSR count). The maximum absolute atomic E-state index is 13.4. The third kappa shape index (κ3) is 2.22. The van der Waals surface area contributed by atoms with Gasteiger partial charge in [0.2, 0.25) is 0 Å². The summed E-state index contributed by atoms with van der Waals surface area (Å²) in [5, 5.41) is 3.62. The van der Waals surface area contributed by atoms with Crippen LogP contribution in [0.5, 0.6) is 0 Å². The second-order valence-electron chi connectivity index (χ2n) is 8.29. The highest BCUT2D eigenvalue weighted by Crippen LogP contribution is 2.49. The number of nitrogens with one attached hydrogen (secondary N) is 1. The monoisotopic (exact) mass is 329 g/mol. The number of fused-ring (bicyclic) bond motifs is 5. The van der Waals surface area contributed by atoms with Gasteiger partial charge in [-0.05, 0) is 81.3 Å². The molecule has 4 aliphatic rings. The molecule has 4 atom stereocenters. The van der Waals surface area contributed by atoms with E-state index >= 15 is 0 Å². The van der Waals surface area contributed by atoms with Crippen molar-refractivity contribution in [3.63, 3.8) is 0 Å². The molecule has 2 bridgehead atoms. The van der Waals surface area contributed by atoms with Crippen molar-refractivity contribution in [3.8, 4) is 0 Å². The van der Waals surface area contributed by atoms with Crippen LogP contribution in [-0.4, -0.2) is 49.2 Å². The minimum atomic E-state index is -0.125. The average molecular weight is 329 g/mol. The van der Waals surface area contributed by atoms with E-state index in [-0.39, 0.29) is 5.82 Å². The molecule has 4 aliphatic heterocycles. The van der Waals surface area contributed by atoms with Crippen molar-refractivity contribution < 1.29 is 4.39 Å². The third-order valence-corrected chi connectivity index (χ3v) is 7.21. The van der Waals surface area contributed by atoms with Crippen LogP contribution in [0.3, 0.4) is 0 Å². The molecule has 4 heteroatoms. The number of anilines is 1. The van der Waals surface area contributed by atoms with Gasteiger partial charge in [-0.15, -0.1) is 0 Å². The SMILES string of the molecule is Cc1cc(F)ccc1N1CCC(N2[C@@H]3CC[C@H]2[C@H]2CNC[C@H]23)CC1. The number of aryl methyl sites for hydroxylation is 1. The molecule has 130 valence electrons. The largest absolute Gasteiger partial charge is 0.371 e. The van der Waals surface area contributed by atoms with Crippen molar-refractivity contribution in [2.75, 3.05) is 31.1 Å². The fourth-order valence-electron chi connectivity index (χ4n) is 6.24. The van der Waals surface area contributed by atoms with Crippen LogP contribution in [0.15, 0.2) is 18.2 Å². The molecule has 0 radical (unpaired) electrons. The van der Waals surface area contributed by atoms with Crippen molar-refractivity contribution in [1.82, 2.24) is 10.2 Å². The van der Waals surface area contributed by atoms with Gasteiger partial charge in [0.25, 0.3) is 0 Å². The summed E-state index contributed by atoms with van der Waals surface area (Å²) in [4.78, 5) is 5.40. The Kier molecular flexibility index (Phi) is 3.60. The molecule has 24 heavy (non-hydrogen) atoms. The van der Waals surface area contributed by atoms with E-state index in [0.29, 0.717) is 0 Å². The van der Waals surface area contributed by atoms with Gasteiger partial charge in [-0.1, -0.05) is 0 Å². The number of hydrogen-bond acceptors (Lipinski definition) is 3. The van der Waals surface area contributed by atoms with Crippen LogP contribution >= 0.6 is 0 Å². The van der Waals surface area contributed by atoms with Gasteiger partial charge >= 0.3 is 0 Å². The Morgan fingerprint density at radius 3 is 2.29 bits per heavy atom. The lowest BCUT2D eigenvalue weighted by Crippen LogP contribution is -2.48. The van der Waals surface area contributed by atoms with E-state index in [4.69, 9.17) is 0 Å². The van der Waals surface area contributed by atoms with Crippen LogP contribution < -0.4 is 10.2 Å². The second-order valence-corrected chi connectivity index (χ2v) is 8.29. The average Bonchev–Trinajstić information content (AvgIpc) is 3.27. The van der Waals surface area contributed by atoms with E-state index in [1.165, 1.54) is 44.5 Å². The highest BCUT2D eigenvalue weighted by Gasteiger charge is 2.56. The van der Waals surface area contributed by atoms with E-state index in [1.54, 1.807) is 12.1 Å². The number of halogens is 1. The fourth-order valence-corrected chi connectivity index (χ4v) is 6.24. The van der Waals surface area contributed by atoms with Crippen LogP contribution in [0, 0.1) is 24.6 Å². The zero-order valence-corrected chi connectivity index (χ0v) is 14.5. The van der Waals surface area contributed by atoms with Gasteiger partial charge in [-0.2, -0.15) is 0 Å². The Morgan fingerprint density at radius 2 is 1.67 bits per heavy atom. The minimum absolute atomic E-state index is 0.125. The maximum Gasteiger partial charge on any atom is 0.123 e. The Morgan fingerprint density at radius 1 is 1.00 bits per heavy atom. The van der Waals surface area contributed by atoms with Gasteiger partial charge in [0.15, 0.2) is 0 Å². The van der Waals surface area contributed by atoms with Gasteiger partial charge in [-0.25, -0.2) is 4.39 Å². The highest BCUT2D eigenvalue weighted by molar-refractivity contribution is 5.53. The smallest absolute Gasteiger partial charge is 0.123 e. The molecule has 0 aliphatic carbocycles. The fraction of sp³-hybridized carbons (Fsp3) is 0.700. The number of piperidine rings is 1. The third-order valence-electron chi connectivity index (χ3n) is 7.21. The molecule has 4 heterocycles. The van der Waals surface area contributed by atoms with E-state index in [1.807, 2.05) is 13.0 Å². The number of nitrogens with zero attached hydrogens (tertiary/aromatic N) is 2. The molecular weight excluding hydrogens is 301 g/mol. The molecule has 3 nitrogen and oxygen atoms in total. The first-order chi connectivity index (χ1) is 11.7. The topological polar surface area (TPSA) is 18.5 Å². The number of benzene rings is 1. The van der Waals surface area contributed by atoms with Gasteiger partial charge in [-0.3, -0.25) is 4.90 Å². The number of hydrogen-bond donors (Lipinski definition) is 1. The first-order valence-electron chi connectivity index (χ1n) is 9.71. The summed E-state index contributed by atoms with van der Waals surface area (Å²) in [6, 6.07) is 7.68. The summed E-state index contributed by atoms with van der Waals surface area (Å²) in [7, 11) is 0. The van der Waals surface area contributed by atoms with Gasteiger partial charge in [0, 0.05) is 36.9 Å². The summed E-state index contributed by atoms with van der Waals surface area (Å²) in [6.07, 6.45) is 5.36. The Balaban J connectivity index is 1.28. The highest BCUT2D eigenvalue weighted by atomic mass is 19.1. The summed E-state index contributed by atoms with van der Waals surface area (Å²) < 4.78 is 13.4. The van der Waals surface area contributed by atoms with Crippen molar-refractivity contribution in [2.24, 2.45) is 11.8 Å². The molecule has 0 aromatic heterocycles. The maximum atomic E-state index is 13.4. The van der Waals surface area contributed by atoms with Crippen molar-refractivity contribution in [2.45, 2.75) is 50.7 Å². The normalized spacial score (nSPS) is 36.5. The Bertz CT molecular complexity index is 607. The van der Waals surface area contributed by atoms with Crippen LogP contribution in [0.2, 0.25) is 0 Å². The summed E-state index contributed by atoms with van der Waals surface area (Å²) in [5.41, 5.74) is 2.29. The lowest BCUT2D eigenvalue weighted by atomic mass is 9.82. The summed E-state index contributed by atoms with van der Waals surface area (Å²) in [5.74, 6) is 1.71. The molecule has 0 saturated carbocycles. The van der Waals surface area contributed by atoms with Crippen LogP contribution in [0.25, 0.3) is 0 Å². The lowest BCUT2D eigenvalue weighted by Gasteiger charge is -2.41. The molecule has 1 N–H and O–H groups in total. The van der Waals surface area contributed by atoms with Crippen molar-refractivity contribution in [3.05, 3.63) is 29.6 Å². The van der Waals surface area contributed by atoms with Gasteiger partial charge in [0.05, 0.1) is 0 Å². The zero-order valence-electron chi connectivity index (χ0n) is 14.5. The Labute approximate surface area is 144 Å². The van der Waals surface area contributed by atoms with Crippen molar-refractivity contribution in [1.29, 1.82) is 0 Å². The van der Waals surface area contributed by atoms with E-state index < -0.39 is 0 Å². The summed E-state index contributed by atoms with van der Waals surface area (Å²) in [6.45, 7) is 6.74. The molecule has 0 unspecified atom stereocenters. The Hall–Kier alpha value is -1.13. The van der Waals surface area contributed by atoms with E-state index in [9.17, 15) is 4.39 Å². The van der Waals surface area contributed by atoms with Gasteiger partial charge in [0.1, 0.15) is 5.82 Å². The van der Waals surface area contributed by atoms with E-state index in [0.717, 1.165) is 48.6 Å². The predicted octanol–water partition coefficient (Wildman–Crippen LogP) is 2.79. The molecule has 4 saturated heterocycles. The molecule has 0 amide bonds. The zero-order chi connectivity index (χ0) is 16.3. The standard InChI is InChI=1S/C20H28FN3/c1-13-10-14(21)2-3-18(13)23-8-6-15(7-9-23)24-19-4-5-20(24)17-12-22-11-16(17)19/h2-3,10,15-17,19-20,22H,4-9,11-12H2,1H3/t16-,17+,19-,20+. The number of rotatable bonds is 2. The van der Waals surface area contributed by atoms with E-state index in [2.05, 4.69) is 15.1 Å². The quantitative estimate of drug-likeness (QED) is 0.900. The molecule has 1 aromatic carbocycles. The predicted molar refractivity (Wildman–Crippen MR) is 94.9 cm³/mol. The minimum Gasteiger partial charge on any atom is -0.371 e. The lowest BCUT2D eigenvalue weighted by molar-refractivity contribution is 0.134. The second kappa shape index (κ2) is 5.70. The first kappa shape index (κ1) is 15.2. The molecular formula is C20H28FN3. The van der Waals surface area contributed by atoms with Gasteiger partial charge < -0.3 is 10.2 Å².